The summed E-state index contributed by atoms with van der Waals surface area (Å²) in [4.78, 5) is 0. The van der Waals surface area contributed by atoms with E-state index < -0.39 is 12.7 Å². The minimum atomic E-state index is -5.64. The van der Waals surface area contributed by atoms with Gasteiger partial charge in [0.2, 0.25) is 0 Å². The molecule has 4 nitrogen and oxygen atoms in total. The Hall–Kier alpha value is -1.48. The predicted octanol–water partition coefficient (Wildman–Crippen LogP) is 5.82. The van der Waals surface area contributed by atoms with Crippen molar-refractivity contribution in [1.82, 2.24) is 0 Å². The molecule has 1 N–H and O–H groups in total. The van der Waals surface area contributed by atoms with E-state index in [1.165, 1.54) is 27.7 Å². The fourth-order valence-corrected chi connectivity index (χ4v) is 2.51. The Balaban J connectivity index is 0. The van der Waals surface area contributed by atoms with E-state index in [0.717, 1.165) is 6.54 Å². The molecule has 0 unspecified atom stereocenters. The number of halogens is 7. The minimum absolute atomic E-state index is 0.312. The van der Waals surface area contributed by atoms with E-state index in [-0.39, 0.29) is 0 Å². The normalized spacial score (nSPS) is 14.4. The second kappa shape index (κ2) is 11.4. The number of hydrogen-bond donors (Lipinski definition) is 1. The first-order chi connectivity index (χ1) is 12.2. The Morgan fingerprint density at radius 1 is 1.04 bits per heavy atom. The van der Waals surface area contributed by atoms with Gasteiger partial charge in [-0.2, -0.15) is 4.74 Å². The Morgan fingerprint density at radius 2 is 1.48 bits per heavy atom. The first kappa shape index (κ1) is 27.7. The number of aryl methyl sites for hydroxylation is 1. The van der Waals surface area contributed by atoms with Crippen molar-refractivity contribution >= 4 is 21.6 Å². The van der Waals surface area contributed by atoms with Gasteiger partial charge < -0.3 is 5.32 Å². The van der Waals surface area contributed by atoms with Crippen LogP contribution in [0.1, 0.15) is 31.4 Å². The maximum absolute atomic E-state index is 10.6. The summed E-state index contributed by atoms with van der Waals surface area (Å²) >= 11 is 3.57. The molecule has 0 spiro atoms. The number of alkyl halides is 6. The van der Waals surface area contributed by atoms with E-state index in [1.54, 1.807) is 4.74 Å². The number of rotatable bonds is 0. The van der Waals surface area contributed by atoms with Gasteiger partial charge >= 0.3 is 35.3 Å². The third-order valence-corrected chi connectivity index (χ3v) is 4.18. The van der Waals surface area contributed by atoms with Gasteiger partial charge in [0.25, 0.3) is 0 Å². The molecule has 0 saturated heterocycles. The van der Waals surface area contributed by atoms with Crippen molar-refractivity contribution in [3.8, 4) is 0 Å². The van der Waals surface area contributed by atoms with Crippen LogP contribution in [0.15, 0.2) is 16.6 Å². The predicted molar refractivity (Wildman–Crippen MR) is 86.1 cm³/mol. The standard InChI is InChI=1S/C12H16BrN.C2F6O.2CO/c1-8-6-9-11(7-10(8)13)14-5-4-12(9,2)3;3-1(4,5)9-2(6,7)8;2*1-2/h6-7,14H,4-5H2,1-3H3;;;. The molecule has 0 aromatic heterocycles. The van der Waals surface area contributed by atoms with E-state index in [1.807, 2.05) is 0 Å². The van der Waals surface area contributed by atoms with Gasteiger partial charge in [-0.1, -0.05) is 35.8 Å². The number of fused-ring (bicyclic) bond motifs is 1. The molecule has 1 aliphatic heterocycles. The summed E-state index contributed by atoms with van der Waals surface area (Å²) in [5.41, 5.74) is 4.37. The zero-order chi connectivity index (χ0) is 22.1. The summed E-state index contributed by atoms with van der Waals surface area (Å²) in [6.07, 6.45) is -10.1. The molecule has 1 heterocycles. The number of benzene rings is 1. The Morgan fingerprint density at radius 3 is 1.85 bits per heavy atom. The molecule has 152 valence electrons. The molecule has 0 fully saturated rings. The molecular weight excluding hydrogens is 448 g/mol. The van der Waals surface area contributed by atoms with E-state index in [0.29, 0.717) is 5.41 Å². The van der Waals surface area contributed by atoms with Gasteiger partial charge in [-0.25, -0.2) is 0 Å². The molecule has 2 rings (SSSR count). The molecule has 1 aromatic rings. The molecule has 0 atom stereocenters. The van der Waals surface area contributed by atoms with Gasteiger partial charge in [-0.15, -0.1) is 26.3 Å². The van der Waals surface area contributed by atoms with E-state index in [9.17, 15) is 26.3 Å². The topological polar surface area (TPSA) is 61.1 Å². The van der Waals surface area contributed by atoms with Crippen LogP contribution in [0, 0.1) is 20.2 Å². The number of ether oxygens (including phenoxy) is 1. The molecule has 0 aliphatic carbocycles. The van der Waals surface area contributed by atoms with Crippen LogP contribution < -0.4 is 5.32 Å². The molecule has 11 heteroatoms. The zero-order valence-electron chi connectivity index (χ0n) is 14.4. The van der Waals surface area contributed by atoms with Crippen molar-refractivity contribution in [3.05, 3.63) is 41.0 Å². The molecule has 0 bridgehead atoms. The van der Waals surface area contributed by atoms with Crippen LogP contribution in [0.25, 0.3) is 0 Å². The Labute approximate surface area is 160 Å². The molecule has 0 amide bonds. The van der Waals surface area contributed by atoms with Crippen molar-refractivity contribution < 1.29 is 40.4 Å². The van der Waals surface area contributed by atoms with Crippen molar-refractivity contribution in [1.29, 1.82) is 0 Å². The molecular formula is C16H16BrF6NO3. The average molecular weight is 464 g/mol. The summed E-state index contributed by atoms with van der Waals surface area (Å²) in [7, 11) is 0. The number of hydrogen-bond acceptors (Lipinski definition) is 2. The molecule has 1 aromatic carbocycles. The Kier molecular flexibility index (Phi) is 11.7. The third-order valence-electron chi connectivity index (χ3n) is 3.32. The molecule has 1 aliphatic rings. The van der Waals surface area contributed by atoms with Crippen LogP contribution >= 0.6 is 15.9 Å². The number of anilines is 1. The van der Waals surface area contributed by atoms with E-state index in [4.69, 9.17) is 9.30 Å². The van der Waals surface area contributed by atoms with Crippen LogP contribution in [0.3, 0.4) is 0 Å². The average Bonchev–Trinajstić information content (AvgIpc) is 2.50. The number of nitrogens with one attached hydrogen (secondary N) is 1. The first-order valence-electron chi connectivity index (χ1n) is 7.00. The second-order valence-corrected chi connectivity index (χ2v) is 6.56. The molecule has 0 saturated carbocycles. The van der Waals surface area contributed by atoms with Gasteiger partial charge in [-0.05, 0) is 36.0 Å². The maximum atomic E-state index is 10.6. The monoisotopic (exact) mass is 463 g/mol. The third kappa shape index (κ3) is 11.1. The molecule has 0 radical (unpaired) electrons. The van der Waals surface area contributed by atoms with Gasteiger partial charge in [0.1, 0.15) is 0 Å². The van der Waals surface area contributed by atoms with Crippen molar-refractivity contribution in [2.45, 2.75) is 45.3 Å². The van der Waals surface area contributed by atoms with Crippen LogP contribution in [-0.2, 0) is 19.5 Å². The van der Waals surface area contributed by atoms with Crippen molar-refractivity contribution in [3.63, 3.8) is 0 Å². The fourth-order valence-electron chi connectivity index (χ4n) is 2.16. The van der Waals surface area contributed by atoms with E-state index >= 15 is 0 Å². The van der Waals surface area contributed by atoms with Gasteiger partial charge in [0.15, 0.2) is 0 Å². The second-order valence-electron chi connectivity index (χ2n) is 5.70. The van der Waals surface area contributed by atoms with Crippen LogP contribution in [0.4, 0.5) is 32.0 Å². The van der Waals surface area contributed by atoms with Gasteiger partial charge in [0.05, 0.1) is 0 Å². The summed E-state index contributed by atoms with van der Waals surface area (Å²) in [5, 5.41) is 3.46. The fraction of sp³-hybridized carbons (Fsp3) is 0.500. The Bertz CT molecular complexity index is 621. The van der Waals surface area contributed by atoms with Crippen LogP contribution in [-0.4, -0.2) is 19.3 Å². The summed E-state index contributed by atoms with van der Waals surface area (Å²) in [5.74, 6) is 0. The SMILES string of the molecule is Cc1cc2c(cc1Br)NCCC2(C)C.FC(F)(F)OC(F)(F)F.[C-]#[O+].[C-]#[O+]. The summed E-state index contributed by atoms with van der Waals surface area (Å²) < 4.78 is 81.5. The van der Waals surface area contributed by atoms with Gasteiger partial charge in [0, 0.05) is 16.7 Å². The van der Waals surface area contributed by atoms with E-state index in [2.05, 4.69) is 67.5 Å². The van der Waals surface area contributed by atoms with Crippen molar-refractivity contribution in [2.24, 2.45) is 0 Å². The van der Waals surface area contributed by atoms with Gasteiger partial charge in [-0.3, -0.25) is 0 Å². The summed E-state index contributed by atoms with van der Waals surface area (Å²) in [6.45, 7) is 16.9. The van der Waals surface area contributed by atoms with Crippen molar-refractivity contribution in [2.75, 3.05) is 11.9 Å². The van der Waals surface area contributed by atoms with Crippen LogP contribution in [0.5, 0.6) is 0 Å². The summed E-state index contributed by atoms with van der Waals surface area (Å²) in [6, 6.07) is 4.50. The zero-order valence-corrected chi connectivity index (χ0v) is 16.0. The quantitative estimate of drug-likeness (QED) is 0.299. The van der Waals surface area contributed by atoms with Crippen LogP contribution in [0.2, 0.25) is 0 Å². The first-order valence-corrected chi connectivity index (χ1v) is 7.79. The molecule has 27 heavy (non-hydrogen) atoms.